The van der Waals surface area contributed by atoms with Crippen molar-refractivity contribution in [3.05, 3.63) is 60.2 Å². The highest BCUT2D eigenvalue weighted by Gasteiger charge is 2.14. The van der Waals surface area contributed by atoms with Crippen molar-refractivity contribution in [3.8, 4) is 11.4 Å². The highest BCUT2D eigenvalue weighted by Crippen LogP contribution is 2.17. The minimum absolute atomic E-state index is 0.210. The predicted molar refractivity (Wildman–Crippen MR) is 102 cm³/mol. The maximum absolute atomic E-state index is 12.4. The topological polar surface area (TPSA) is 94.0 Å². The number of hydrogen-bond donors (Lipinski definition) is 2. The van der Waals surface area contributed by atoms with Gasteiger partial charge in [-0.25, -0.2) is 14.6 Å². The molecule has 0 unspecified atom stereocenters. The molecule has 2 N–H and O–H groups in total. The molecule has 0 saturated carbocycles. The van der Waals surface area contributed by atoms with Crippen molar-refractivity contribution in [1.29, 1.82) is 0 Å². The molecule has 0 saturated heterocycles. The number of aromatic nitrogens is 4. The minimum Gasteiger partial charge on any atom is -0.497 e. The summed E-state index contributed by atoms with van der Waals surface area (Å²) in [5, 5.41) is 10.3. The summed E-state index contributed by atoms with van der Waals surface area (Å²) in [7, 11) is 1.63. The molecule has 0 aliphatic rings. The lowest BCUT2D eigenvalue weighted by molar-refractivity contribution is 0.0939. The van der Waals surface area contributed by atoms with E-state index >= 15 is 0 Å². The van der Waals surface area contributed by atoms with E-state index in [1.807, 2.05) is 44.3 Å². The van der Waals surface area contributed by atoms with Crippen molar-refractivity contribution in [2.75, 3.05) is 19.0 Å². The van der Waals surface area contributed by atoms with Crippen molar-refractivity contribution >= 4 is 11.9 Å². The highest BCUT2D eigenvalue weighted by molar-refractivity contribution is 5.93. The van der Waals surface area contributed by atoms with E-state index < -0.39 is 0 Å². The van der Waals surface area contributed by atoms with Gasteiger partial charge in [-0.15, -0.1) is 0 Å². The van der Waals surface area contributed by atoms with Gasteiger partial charge < -0.3 is 15.4 Å². The first-order chi connectivity index (χ1) is 13.1. The van der Waals surface area contributed by atoms with Gasteiger partial charge in [0, 0.05) is 30.7 Å². The van der Waals surface area contributed by atoms with Gasteiger partial charge in [0.05, 0.1) is 30.6 Å². The van der Waals surface area contributed by atoms with Gasteiger partial charge in [-0.05, 0) is 38.1 Å². The van der Waals surface area contributed by atoms with E-state index in [1.165, 1.54) is 12.4 Å². The quantitative estimate of drug-likeness (QED) is 0.667. The maximum Gasteiger partial charge on any atom is 0.254 e. The second-order valence-corrected chi connectivity index (χ2v) is 5.94. The predicted octanol–water partition coefficient (Wildman–Crippen LogP) is 2.59. The number of carbonyl (C=O) groups is 1. The molecular weight excluding hydrogens is 344 g/mol. The maximum atomic E-state index is 12.4. The van der Waals surface area contributed by atoms with E-state index in [-0.39, 0.29) is 11.9 Å². The molecule has 1 amide bonds. The Labute approximate surface area is 157 Å². The number of hydrogen-bond acceptors (Lipinski definition) is 6. The fourth-order valence-electron chi connectivity index (χ4n) is 2.49. The van der Waals surface area contributed by atoms with Gasteiger partial charge in [-0.2, -0.15) is 5.10 Å². The van der Waals surface area contributed by atoms with Crippen LogP contribution >= 0.6 is 0 Å². The number of anilines is 1. The number of nitrogens with zero attached hydrogens (tertiary/aromatic N) is 4. The Morgan fingerprint density at radius 3 is 2.52 bits per heavy atom. The van der Waals surface area contributed by atoms with Gasteiger partial charge >= 0.3 is 0 Å². The van der Waals surface area contributed by atoms with Gasteiger partial charge in [-0.1, -0.05) is 0 Å². The van der Waals surface area contributed by atoms with Crippen LogP contribution in [0.25, 0.3) is 5.69 Å². The van der Waals surface area contributed by atoms with Gasteiger partial charge in [0.25, 0.3) is 5.91 Å². The van der Waals surface area contributed by atoms with Crippen LogP contribution in [0.15, 0.2) is 49.1 Å². The van der Waals surface area contributed by atoms with Crippen LogP contribution in [0, 0.1) is 0 Å². The van der Waals surface area contributed by atoms with E-state index in [0.717, 1.165) is 23.5 Å². The zero-order valence-electron chi connectivity index (χ0n) is 15.5. The van der Waals surface area contributed by atoms with Gasteiger partial charge in [0.15, 0.2) is 0 Å². The molecule has 0 aliphatic heterocycles. The Balaban J connectivity index is 1.66. The summed E-state index contributed by atoms with van der Waals surface area (Å²) in [6, 6.07) is 7.38. The van der Waals surface area contributed by atoms with Gasteiger partial charge in [-0.3, -0.25) is 4.79 Å². The van der Waals surface area contributed by atoms with Crippen molar-refractivity contribution in [2.45, 2.75) is 19.9 Å². The molecule has 3 aromatic rings. The van der Waals surface area contributed by atoms with Gasteiger partial charge in [0.2, 0.25) is 5.95 Å². The Hall–Kier alpha value is -3.42. The lowest BCUT2D eigenvalue weighted by Gasteiger charge is -2.12. The summed E-state index contributed by atoms with van der Waals surface area (Å²) in [4.78, 5) is 20.6. The van der Waals surface area contributed by atoms with Crippen molar-refractivity contribution < 1.29 is 9.53 Å². The molecule has 1 aromatic carbocycles. The first kappa shape index (κ1) is 18.4. The molecule has 0 bridgehead atoms. The molecule has 8 nitrogen and oxygen atoms in total. The van der Waals surface area contributed by atoms with Crippen LogP contribution in [-0.4, -0.2) is 39.3 Å². The number of ether oxygens (including phenoxy) is 1. The Morgan fingerprint density at radius 1 is 1.19 bits per heavy atom. The van der Waals surface area contributed by atoms with Crippen molar-refractivity contribution in [1.82, 2.24) is 25.1 Å². The van der Waals surface area contributed by atoms with Crippen LogP contribution in [0.4, 0.5) is 5.95 Å². The molecule has 27 heavy (non-hydrogen) atoms. The highest BCUT2D eigenvalue weighted by atomic mass is 16.5. The molecule has 0 spiro atoms. The molecule has 140 valence electrons. The zero-order valence-corrected chi connectivity index (χ0v) is 15.5. The zero-order chi connectivity index (χ0) is 19.2. The van der Waals surface area contributed by atoms with Crippen LogP contribution < -0.4 is 15.4 Å². The largest absolute Gasteiger partial charge is 0.497 e. The lowest BCUT2D eigenvalue weighted by Crippen LogP contribution is -2.26. The SMILES string of the molecule is CCNc1ncc(C(=O)N[C@H](C)c2cnn(-c3ccc(OC)cc3)c2)cn1. The van der Waals surface area contributed by atoms with Gasteiger partial charge in [0.1, 0.15) is 5.75 Å². The number of nitrogens with one attached hydrogen (secondary N) is 2. The number of benzene rings is 1. The van der Waals surface area contributed by atoms with E-state index in [9.17, 15) is 4.79 Å². The standard InChI is InChI=1S/C19H22N6O2/c1-4-20-19-21-9-14(10-22-19)18(26)24-13(2)15-11-23-25(12-15)16-5-7-17(27-3)8-6-16/h5-13H,4H2,1-3H3,(H,24,26)(H,20,21,22)/t13-/m1/s1. The number of methoxy groups -OCH3 is 1. The molecule has 0 fully saturated rings. The molecule has 0 aliphatic carbocycles. The second-order valence-electron chi connectivity index (χ2n) is 5.94. The first-order valence-corrected chi connectivity index (χ1v) is 8.66. The van der Waals surface area contributed by atoms with E-state index in [0.29, 0.717) is 11.5 Å². The smallest absolute Gasteiger partial charge is 0.254 e. The second kappa shape index (κ2) is 8.31. The summed E-state index contributed by atoms with van der Waals surface area (Å²) in [6.45, 7) is 4.58. The van der Waals surface area contributed by atoms with E-state index in [4.69, 9.17) is 4.74 Å². The molecule has 2 heterocycles. The Kier molecular flexibility index (Phi) is 5.65. The average molecular weight is 366 g/mol. The first-order valence-electron chi connectivity index (χ1n) is 8.66. The third-order valence-electron chi connectivity index (χ3n) is 4.04. The van der Waals surface area contributed by atoms with Crippen LogP contribution in [0.1, 0.15) is 35.8 Å². The Morgan fingerprint density at radius 2 is 1.89 bits per heavy atom. The molecule has 2 aromatic heterocycles. The monoisotopic (exact) mass is 366 g/mol. The van der Waals surface area contributed by atoms with Crippen molar-refractivity contribution in [3.63, 3.8) is 0 Å². The Bertz CT molecular complexity index is 889. The summed E-state index contributed by atoms with van der Waals surface area (Å²) < 4.78 is 6.92. The number of rotatable bonds is 7. The van der Waals surface area contributed by atoms with Crippen LogP contribution in [0.2, 0.25) is 0 Å². The lowest BCUT2D eigenvalue weighted by atomic mass is 10.2. The average Bonchev–Trinajstić information content (AvgIpc) is 3.19. The normalized spacial score (nSPS) is 11.7. The fraction of sp³-hybridized carbons (Fsp3) is 0.263. The summed E-state index contributed by atoms with van der Waals surface area (Å²) >= 11 is 0. The summed E-state index contributed by atoms with van der Waals surface area (Å²) in [5.41, 5.74) is 2.21. The van der Waals surface area contributed by atoms with Crippen LogP contribution in [0.5, 0.6) is 5.75 Å². The molecule has 8 heteroatoms. The molecule has 0 radical (unpaired) electrons. The number of amides is 1. The molecule has 3 rings (SSSR count). The fourth-order valence-corrected chi connectivity index (χ4v) is 2.49. The third-order valence-corrected chi connectivity index (χ3v) is 4.04. The third kappa shape index (κ3) is 4.41. The van der Waals surface area contributed by atoms with Crippen LogP contribution in [-0.2, 0) is 0 Å². The minimum atomic E-state index is -0.234. The summed E-state index contributed by atoms with van der Waals surface area (Å²) in [5.74, 6) is 1.06. The van der Waals surface area contributed by atoms with E-state index in [2.05, 4.69) is 25.7 Å². The van der Waals surface area contributed by atoms with Crippen LogP contribution in [0.3, 0.4) is 0 Å². The van der Waals surface area contributed by atoms with Crippen molar-refractivity contribution in [2.24, 2.45) is 0 Å². The van der Waals surface area contributed by atoms with E-state index in [1.54, 1.807) is 18.0 Å². The summed E-state index contributed by atoms with van der Waals surface area (Å²) in [6.07, 6.45) is 6.64. The molecular formula is C19H22N6O2. The number of carbonyl (C=O) groups excluding carboxylic acids is 1. The molecule has 1 atom stereocenters.